The van der Waals surface area contributed by atoms with Crippen molar-refractivity contribution in [2.45, 2.75) is 12.5 Å². The Labute approximate surface area is 144 Å². The fraction of sp³-hybridized carbons (Fsp3) is 0.211. The number of rotatable bonds is 4. The first-order valence-electron chi connectivity index (χ1n) is 8.01. The molecule has 2 aliphatic rings. The van der Waals surface area contributed by atoms with Crippen LogP contribution in [0, 0.1) is 0 Å². The monoisotopic (exact) mass is 337 g/mol. The summed E-state index contributed by atoms with van der Waals surface area (Å²) in [5.74, 6) is -0.528. The zero-order valence-electron chi connectivity index (χ0n) is 13.3. The standard InChI is InChI=1S/C19H15NO5/c21-17-13-6-2-3-7-14(13)18(22)20(17)9-10-24-19(23)16-11-12-5-1-4-8-15(12)25-16/h1-8,16H,9-11H2/t16-/m1/s1. The van der Waals surface area contributed by atoms with Crippen LogP contribution in [0.4, 0.5) is 0 Å². The lowest BCUT2D eigenvalue weighted by Crippen LogP contribution is -2.35. The Morgan fingerprint density at radius 2 is 1.68 bits per heavy atom. The Kier molecular flexibility index (Phi) is 3.72. The largest absolute Gasteiger partial charge is 0.478 e. The third-order valence-corrected chi connectivity index (χ3v) is 4.35. The lowest BCUT2D eigenvalue weighted by atomic mass is 10.1. The molecule has 0 spiro atoms. The molecule has 2 heterocycles. The van der Waals surface area contributed by atoms with Crippen molar-refractivity contribution in [2.24, 2.45) is 0 Å². The maximum absolute atomic E-state index is 12.2. The van der Waals surface area contributed by atoms with Gasteiger partial charge in [-0.2, -0.15) is 0 Å². The molecule has 6 heteroatoms. The molecule has 0 aromatic heterocycles. The van der Waals surface area contributed by atoms with E-state index in [1.54, 1.807) is 30.3 Å². The highest BCUT2D eigenvalue weighted by atomic mass is 16.6. The van der Waals surface area contributed by atoms with E-state index in [0.717, 1.165) is 10.5 Å². The molecule has 2 aliphatic heterocycles. The topological polar surface area (TPSA) is 72.9 Å². The first-order chi connectivity index (χ1) is 12.1. The number of imide groups is 1. The number of para-hydroxylation sites is 1. The smallest absolute Gasteiger partial charge is 0.347 e. The Morgan fingerprint density at radius 1 is 1.04 bits per heavy atom. The van der Waals surface area contributed by atoms with Gasteiger partial charge in [0.15, 0.2) is 6.10 Å². The van der Waals surface area contributed by atoms with Crippen LogP contribution in [0.3, 0.4) is 0 Å². The molecule has 126 valence electrons. The highest BCUT2D eigenvalue weighted by Gasteiger charge is 2.35. The Hall–Kier alpha value is -3.15. The molecule has 0 fully saturated rings. The summed E-state index contributed by atoms with van der Waals surface area (Å²) in [7, 11) is 0. The predicted molar refractivity (Wildman–Crippen MR) is 87.3 cm³/mol. The van der Waals surface area contributed by atoms with E-state index in [9.17, 15) is 14.4 Å². The summed E-state index contributed by atoms with van der Waals surface area (Å²) in [6.07, 6.45) is -0.221. The first-order valence-corrected chi connectivity index (χ1v) is 8.01. The average molecular weight is 337 g/mol. The van der Waals surface area contributed by atoms with Crippen molar-refractivity contribution in [3.63, 3.8) is 0 Å². The second-order valence-corrected chi connectivity index (χ2v) is 5.89. The Balaban J connectivity index is 1.33. The second-order valence-electron chi connectivity index (χ2n) is 5.89. The van der Waals surface area contributed by atoms with Crippen molar-refractivity contribution in [1.29, 1.82) is 0 Å². The van der Waals surface area contributed by atoms with Gasteiger partial charge in [0.1, 0.15) is 12.4 Å². The van der Waals surface area contributed by atoms with E-state index in [-0.39, 0.29) is 25.0 Å². The van der Waals surface area contributed by atoms with Crippen molar-refractivity contribution < 1.29 is 23.9 Å². The minimum Gasteiger partial charge on any atom is -0.478 e. The fourth-order valence-corrected chi connectivity index (χ4v) is 3.09. The van der Waals surface area contributed by atoms with Crippen molar-refractivity contribution >= 4 is 17.8 Å². The van der Waals surface area contributed by atoms with E-state index in [4.69, 9.17) is 9.47 Å². The zero-order valence-corrected chi connectivity index (χ0v) is 13.3. The number of amides is 2. The summed E-state index contributed by atoms with van der Waals surface area (Å²) in [5, 5.41) is 0. The van der Waals surface area contributed by atoms with Gasteiger partial charge in [-0.1, -0.05) is 30.3 Å². The molecule has 0 bridgehead atoms. The van der Waals surface area contributed by atoms with Crippen LogP contribution >= 0.6 is 0 Å². The van der Waals surface area contributed by atoms with Crippen LogP contribution < -0.4 is 4.74 Å². The number of hydrogen-bond donors (Lipinski definition) is 0. The number of carbonyl (C=O) groups excluding carboxylic acids is 3. The van der Waals surface area contributed by atoms with Gasteiger partial charge in [0, 0.05) is 6.42 Å². The molecule has 2 aromatic rings. The molecule has 0 N–H and O–H groups in total. The van der Waals surface area contributed by atoms with Gasteiger partial charge in [-0.15, -0.1) is 0 Å². The highest BCUT2D eigenvalue weighted by Crippen LogP contribution is 2.28. The summed E-state index contributed by atoms with van der Waals surface area (Å²) in [4.78, 5) is 37.7. The van der Waals surface area contributed by atoms with Crippen LogP contribution in [0.5, 0.6) is 5.75 Å². The Morgan fingerprint density at radius 3 is 2.36 bits per heavy atom. The van der Waals surface area contributed by atoms with Gasteiger partial charge in [0.2, 0.25) is 0 Å². The van der Waals surface area contributed by atoms with E-state index < -0.39 is 12.1 Å². The van der Waals surface area contributed by atoms with E-state index >= 15 is 0 Å². The molecule has 2 amide bonds. The molecule has 0 unspecified atom stereocenters. The molecular weight excluding hydrogens is 322 g/mol. The van der Waals surface area contributed by atoms with Gasteiger partial charge < -0.3 is 9.47 Å². The van der Waals surface area contributed by atoms with Gasteiger partial charge in [-0.25, -0.2) is 4.79 Å². The number of ether oxygens (including phenoxy) is 2. The van der Waals surface area contributed by atoms with Crippen LogP contribution in [0.15, 0.2) is 48.5 Å². The molecule has 0 aliphatic carbocycles. The normalized spacial score (nSPS) is 17.9. The number of hydrogen-bond acceptors (Lipinski definition) is 5. The second kappa shape index (κ2) is 6.05. The maximum Gasteiger partial charge on any atom is 0.347 e. The number of nitrogens with zero attached hydrogens (tertiary/aromatic N) is 1. The minimum atomic E-state index is -0.681. The lowest BCUT2D eigenvalue weighted by Gasteiger charge is -2.15. The van der Waals surface area contributed by atoms with E-state index in [1.807, 2.05) is 18.2 Å². The lowest BCUT2D eigenvalue weighted by molar-refractivity contribution is -0.151. The van der Waals surface area contributed by atoms with Gasteiger partial charge in [0.05, 0.1) is 17.7 Å². The van der Waals surface area contributed by atoms with Crippen LogP contribution in [0.2, 0.25) is 0 Å². The average Bonchev–Trinajstić information content (AvgIpc) is 3.17. The van der Waals surface area contributed by atoms with Crippen molar-refractivity contribution in [1.82, 2.24) is 4.90 Å². The van der Waals surface area contributed by atoms with Gasteiger partial charge in [-0.05, 0) is 23.8 Å². The zero-order chi connectivity index (χ0) is 17.4. The van der Waals surface area contributed by atoms with Crippen LogP contribution in [-0.2, 0) is 16.0 Å². The first kappa shape index (κ1) is 15.4. The molecule has 1 atom stereocenters. The molecular formula is C19H15NO5. The van der Waals surface area contributed by atoms with Crippen LogP contribution in [-0.4, -0.2) is 41.9 Å². The molecule has 4 rings (SSSR count). The third-order valence-electron chi connectivity index (χ3n) is 4.35. The van der Waals surface area contributed by atoms with Crippen molar-refractivity contribution in [3.05, 3.63) is 65.2 Å². The van der Waals surface area contributed by atoms with Crippen molar-refractivity contribution in [2.75, 3.05) is 13.2 Å². The van der Waals surface area contributed by atoms with Crippen molar-refractivity contribution in [3.8, 4) is 5.75 Å². The molecule has 2 aromatic carbocycles. The van der Waals surface area contributed by atoms with E-state index in [2.05, 4.69) is 0 Å². The van der Waals surface area contributed by atoms with Gasteiger partial charge in [0.25, 0.3) is 11.8 Å². The third kappa shape index (κ3) is 2.65. The molecule has 6 nitrogen and oxygen atoms in total. The molecule has 0 saturated heterocycles. The molecule has 0 saturated carbocycles. The molecule has 25 heavy (non-hydrogen) atoms. The van der Waals surface area contributed by atoms with E-state index in [0.29, 0.717) is 23.3 Å². The van der Waals surface area contributed by atoms with Crippen LogP contribution in [0.1, 0.15) is 26.3 Å². The number of fused-ring (bicyclic) bond motifs is 2. The quantitative estimate of drug-likeness (QED) is 0.629. The summed E-state index contributed by atoms with van der Waals surface area (Å²) in [6.45, 7) is -0.0295. The minimum absolute atomic E-state index is 0.0256. The fourth-order valence-electron chi connectivity index (χ4n) is 3.09. The summed E-state index contributed by atoms with van der Waals surface area (Å²) in [6, 6.07) is 14.1. The number of carbonyl (C=O) groups is 3. The summed E-state index contributed by atoms with van der Waals surface area (Å²) in [5.41, 5.74) is 1.73. The van der Waals surface area contributed by atoms with Gasteiger partial charge >= 0.3 is 5.97 Å². The predicted octanol–water partition coefficient (Wildman–Crippen LogP) is 1.83. The summed E-state index contributed by atoms with van der Waals surface area (Å²) < 4.78 is 10.8. The highest BCUT2D eigenvalue weighted by molar-refractivity contribution is 6.21. The Bertz CT molecular complexity index is 816. The van der Waals surface area contributed by atoms with E-state index in [1.165, 1.54) is 0 Å². The number of esters is 1. The SMILES string of the molecule is O=C(OCCN1C(=O)c2ccccc2C1=O)[C@H]1Cc2ccccc2O1. The summed E-state index contributed by atoms with van der Waals surface area (Å²) >= 11 is 0. The maximum atomic E-state index is 12.2. The van der Waals surface area contributed by atoms with Crippen LogP contribution in [0.25, 0.3) is 0 Å². The van der Waals surface area contributed by atoms with Gasteiger partial charge in [-0.3, -0.25) is 14.5 Å². The number of benzene rings is 2. The molecule has 0 radical (unpaired) electrons.